The highest BCUT2D eigenvalue weighted by molar-refractivity contribution is 5.96. The third-order valence-electron chi connectivity index (χ3n) is 5.29. The van der Waals surface area contributed by atoms with Crippen molar-refractivity contribution in [2.75, 3.05) is 13.1 Å². The van der Waals surface area contributed by atoms with Gasteiger partial charge >= 0.3 is 0 Å². The molecule has 1 unspecified atom stereocenters. The first-order valence-electron chi connectivity index (χ1n) is 10.0. The van der Waals surface area contributed by atoms with E-state index in [1.165, 1.54) is 0 Å². The van der Waals surface area contributed by atoms with Crippen molar-refractivity contribution in [1.82, 2.24) is 15.4 Å². The second-order valence-electron chi connectivity index (χ2n) is 7.98. The smallest absolute Gasteiger partial charge is 0.274 e. The lowest BCUT2D eigenvalue weighted by atomic mass is 10.0. The number of hydrogen-bond acceptors (Lipinski definition) is 4. The fraction of sp³-hybridized carbons (Fsp3) is 0.500. The predicted octanol–water partition coefficient (Wildman–Crippen LogP) is 3.73. The van der Waals surface area contributed by atoms with E-state index in [0.29, 0.717) is 5.76 Å². The Morgan fingerprint density at radius 2 is 1.82 bits per heavy atom. The number of amides is 2. The SMILES string of the molecule is Cc1ccc(C)c(-c2cc(C(=O)NC(C(=O)N3CCCCC3)C(C)C)no2)c1. The summed E-state index contributed by atoms with van der Waals surface area (Å²) in [7, 11) is 0. The Bertz CT molecular complexity index is 850. The van der Waals surface area contributed by atoms with Crippen molar-refractivity contribution in [3.05, 3.63) is 41.1 Å². The lowest BCUT2D eigenvalue weighted by Gasteiger charge is -2.32. The molecule has 150 valence electrons. The zero-order chi connectivity index (χ0) is 20.3. The van der Waals surface area contributed by atoms with E-state index in [0.717, 1.165) is 49.0 Å². The molecule has 0 radical (unpaired) electrons. The van der Waals surface area contributed by atoms with E-state index in [4.69, 9.17) is 4.52 Å². The van der Waals surface area contributed by atoms with Crippen molar-refractivity contribution in [2.24, 2.45) is 5.92 Å². The summed E-state index contributed by atoms with van der Waals surface area (Å²) in [5, 5.41) is 6.80. The monoisotopic (exact) mass is 383 g/mol. The van der Waals surface area contributed by atoms with Crippen molar-refractivity contribution in [1.29, 1.82) is 0 Å². The van der Waals surface area contributed by atoms with E-state index in [-0.39, 0.29) is 23.4 Å². The maximum absolute atomic E-state index is 12.9. The minimum atomic E-state index is -0.563. The average molecular weight is 383 g/mol. The van der Waals surface area contributed by atoms with Gasteiger partial charge in [0, 0.05) is 24.7 Å². The fourth-order valence-corrected chi connectivity index (χ4v) is 3.55. The van der Waals surface area contributed by atoms with Crippen LogP contribution in [0.3, 0.4) is 0 Å². The van der Waals surface area contributed by atoms with Crippen molar-refractivity contribution in [3.63, 3.8) is 0 Å². The summed E-state index contributed by atoms with van der Waals surface area (Å²) in [6.07, 6.45) is 3.20. The van der Waals surface area contributed by atoms with Gasteiger partial charge in [-0.2, -0.15) is 0 Å². The highest BCUT2D eigenvalue weighted by atomic mass is 16.5. The number of benzene rings is 1. The van der Waals surface area contributed by atoms with Gasteiger partial charge in [0.2, 0.25) is 5.91 Å². The Balaban J connectivity index is 1.75. The van der Waals surface area contributed by atoms with Crippen molar-refractivity contribution < 1.29 is 14.1 Å². The number of hydrogen-bond donors (Lipinski definition) is 1. The molecule has 1 aromatic carbocycles. The number of likely N-dealkylation sites (tertiary alicyclic amines) is 1. The van der Waals surface area contributed by atoms with Crippen molar-refractivity contribution in [3.8, 4) is 11.3 Å². The fourth-order valence-electron chi connectivity index (χ4n) is 3.55. The molecule has 1 aliphatic heterocycles. The molecule has 28 heavy (non-hydrogen) atoms. The van der Waals surface area contributed by atoms with Crippen LogP contribution in [-0.4, -0.2) is 41.0 Å². The van der Waals surface area contributed by atoms with Crippen LogP contribution in [0.4, 0.5) is 0 Å². The largest absolute Gasteiger partial charge is 0.355 e. The Morgan fingerprint density at radius 1 is 1.11 bits per heavy atom. The molecule has 1 aliphatic rings. The second-order valence-corrected chi connectivity index (χ2v) is 7.98. The predicted molar refractivity (Wildman–Crippen MR) is 108 cm³/mol. The second kappa shape index (κ2) is 8.59. The Morgan fingerprint density at radius 3 is 2.50 bits per heavy atom. The molecule has 1 N–H and O–H groups in total. The quantitative estimate of drug-likeness (QED) is 0.854. The zero-order valence-corrected chi connectivity index (χ0v) is 17.1. The summed E-state index contributed by atoms with van der Waals surface area (Å²) in [4.78, 5) is 27.5. The third kappa shape index (κ3) is 4.43. The summed E-state index contributed by atoms with van der Waals surface area (Å²) in [6.45, 7) is 9.40. The summed E-state index contributed by atoms with van der Waals surface area (Å²) in [5.41, 5.74) is 3.26. The number of nitrogens with zero attached hydrogens (tertiary/aromatic N) is 2. The first kappa shape index (κ1) is 20.1. The van der Waals surface area contributed by atoms with Gasteiger partial charge in [0.05, 0.1) is 0 Å². The molecule has 0 spiro atoms. The molecular formula is C22H29N3O3. The van der Waals surface area contributed by atoms with Gasteiger partial charge in [-0.25, -0.2) is 0 Å². The molecule has 1 atom stereocenters. The molecule has 2 aromatic rings. The van der Waals surface area contributed by atoms with Gasteiger partial charge in [-0.3, -0.25) is 9.59 Å². The van der Waals surface area contributed by atoms with E-state index >= 15 is 0 Å². The minimum absolute atomic E-state index is 0.0104. The Kier molecular flexibility index (Phi) is 6.17. The van der Waals surface area contributed by atoms with Gasteiger partial charge in [-0.1, -0.05) is 36.7 Å². The van der Waals surface area contributed by atoms with Crippen molar-refractivity contribution in [2.45, 2.75) is 53.0 Å². The van der Waals surface area contributed by atoms with Crippen LogP contribution < -0.4 is 5.32 Å². The van der Waals surface area contributed by atoms with Crippen LogP contribution in [0.2, 0.25) is 0 Å². The number of aryl methyl sites for hydroxylation is 2. The highest BCUT2D eigenvalue weighted by Gasteiger charge is 2.30. The molecule has 6 nitrogen and oxygen atoms in total. The number of carbonyl (C=O) groups excluding carboxylic acids is 2. The maximum Gasteiger partial charge on any atom is 0.274 e. The molecule has 2 amide bonds. The summed E-state index contributed by atoms with van der Waals surface area (Å²) >= 11 is 0. The molecule has 2 heterocycles. The summed E-state index contributed by atoms with van der Waals surface area (Å²) < 4.78 is 5.42. The zero-order valence-electron chi connectivity index (χ0n) is 17.1. The van der Waals surface area contributed by atoms with Crippen molar-refractivity contribution >= 4 is 11.8 Å². The van der Waals surface area contributed by atoms with Crippen LogP contribution in [-0.2, 0) is 4.79 Å². The van der Waals surface area contributed by atoms with E-state index < -0.39 is 6.04 Å². The lowest BCUT2D eigenvalue weighted by molar-refractivity contribution is -0.135. The first-order chi connectivity index (χ1) is 13.4. The highest BCUT2D eigenvalue weighted by Crippen LogP contribution is 2.25. The van der Waals surface area contributed by atoms with Gasteiger partial charge in [-0.15, -0.1) is 0 Å². The number of piperidine rings is 1. The van der Waals surface area contributed by atoms with Gasteiger partial charge in [-0.05, 0) is 50.7 Å². The molecule has 1 aromatic heterocycles. The third-order valence-corrected chi connectivity index (χ3v) is 5.29. The van der Waals surface area contributed by atoms with Crippen LogP contribution in [0.5, 0.6) is 0 Å². The van der Waals surface area contributed by atoms with Gasteiger partial charge in [0.15, 0.2) is 11.5 Å². The molecule has 6 heteroatoms. The number of carbonyl (C=O) groups is 2. The van der Waals surface area contributed by atoms with Crippen LogP contribution in [0.25, 0.3) is 11.3 Å². The topological polar surface area (TPSA) is 75.4 Å². The molecule has 0 saturated carbocycles. The maximum atomic E-state index is 12.9. The molecule has 3 rings (SSSR count). The normalized spacial score (nSPS) is 15.5. The van der Waals surface area contributed by atoms with Gasteiger partial charge < -0.3 is 14.7 Å². The van der Waals surface area contributed by atoms with Crippen LogP contribution >= 0.6 is 0 Å². The molecule has 1 saturated heterocycles. The molecule has 0 bridgehead atoms. The summed E-state index contributed by atoms with van der Waals surface area (Å²) in [5.74, 6) is 0.143. The van der Waals surface area contributed by atoms with Crippen LogP contribution in [0.1, 0.15) is 54.7 Å². The van der Waals surface area contributed by atoms with Gasteiger partial charge in [0.1, 0.15) is 6.04 Å². The van der Waals surface area contributed by atoms with E-state index in [1.54, 1.807) is 6.07 Å². The van der Waals surface area contributed by atoms with E-state index in [2.05, 4.69) is 10.5 Å². The first-order valence-corrected chi connectivity index (χ1v) is 10.0. The van der Waals surface area contributed by atoms with Crippen LogP contribution in [0.15, 0.2) is 28.8 Å². The minimum Gasteiger partial charge on any atom is -0.355 e. The number of nitrogens with one attached hydrogen (secondary N) is 1. The summed E-state index contributed by atoms with van der Waals surface area (Å²) in [6, 6.07) is 7.13. The van der Waals surface area contributed by atoms with E-state index in [9.17, 15) is 9.59 Å². The van der Waals surface area contributed by atoms with Gasteiger partial charge in [0.25, 0.3) is 5.91 Å². The van der Waals surface area contributed by atoms with E-state index in [1.807, 2.05) is 50.8 Å². The Labute approximate surface area is 166 Å². The molecule has 0 aliphatic carbocycles. The Hall–Kier alpha value is -2.63. The lowest BCUT2D eigenvalue weighted by Crippen LogP contribution is -2.52. The van der Waals surface area contributed by atoms with Crippen LogP contribution in [0, 0.1) is 19.8 Å². The standard InChI is InChI=1S/C22H29N3O3/c1-14(2)20(22(27)25-10-6-5-7-11-25)23-21(26)18-13-19(28-24-18)17-12-15(3)8-9-16(17)4/h8-9,12-14,20H,5-7,10-11H2,1-4H3,(H,23,26). The molecule has 1 fully saturated rings. The number of rotatable bonds is 5. The average Bonchev–Trinajstić information content (AvgIpc) is 3.18. The molecular weight excluding hydrogens is 354 g/mol. The number of aromatic nitrogens is 1.